The number of nitrogens with one attached hydrogen (secondary N) is 1. The number of carbonyl (C=O) groups excluding carboxylic acids is 1. The number of anilines is 1. The lowest BCUT2D eigenvalue weighted by molar-refractivity contribution is -0.124. The molecule has 2 aromatic carbocycles. The van der Waals surface area contributed by atoms with E-state index in [1.165, 1.54) is 0 Å². The van der Waals surface area contributed by atoms with Crippen LogP contribution in [0.5, 0.6) is 0 Å². The molecule has 2 aromatic rings. The van der Waals surface area contributed by atoms with Crippen LogP contribution in [-0.2, 0) is 10.2 Å². The van der Waals surface area contributed by atoms with E-state index in [2.05, 4.69) is 26.1 Å². The van der Waals surface area contributed by atoms with E-state index in [4.69, 9.17) is 23.2 Å². The zero-order valence-corrected chi connectivity index (χ0v) is 18.6. The van der Waals surface area contributed by atoms with Crippen LogP contribution >= 0.6 is 23.2 Å². The van der Waals surface area contributed by atoms with Crippen LogP contribution in [0, 0.1) is 11.3 Å². The first-order valence-electron chi connectivity index (χ1n) is 9.92. The summed E-state index contributed by atoms with van der Waals surface area (Å²) in [5.74, 6) is -0.533. The summed E-state index contributed by atoms with van der Waals surface area (Å²) in [7, 11) is 0. The summed E-state index contributed by atoms with van der Waals surface area (Å²) >= 11 is 12.5. The Balaban J connectivity index is 1.99. The highest BCUT2D eigenvalue weighted by Crippen LogP contribution is 2.58. The summed E-state index contributed by atoms with van der Waals surface area (Å²) in [5, 5.41) is 14.4. The van der Waals surface area contributed by atoms with Crippen LogP contribution in [0.15, 0.2) is 42.5 Å². The van der Waals surface area contributed by atoms with E-state index in [-0.39, 0.29) is 11.3 Å². The third-order valence-corrected chi connectivity index (χ3v) is 6.57. The highest BCUT2D eigenvalue weighted by molar-refractivity contribution is 6.32. The van der Waals surface area contributed by atoms with Crippen molar-refractivity contribution < 1.29 is 14.7 Å². The van der Waals surface area contributed by atoms with Crippen LogP contribution in [0.25, 0.3) is 0 Å². The Hall–Kier alpha value is -2.08. The number of imide groups is 1. The van der Waals surface area contributed by atoms with Gasteiger partial charge in [0.05, 0.1) is 11.7 Å². The molecule has 0 aromatic heterocycles. The quantitative estimate of drug-likeness (QED) is 0.624. The van der Waals surface area contributed by atoms with Gasteiger partial charge in [-0.15, -0.1) is 0 Å². The highest BCUT2D eigenvalue weighted by Gasteiger charge is 2.64. The van der Waals surface area contributed by atoms with Crippen molar-refractivity contribution in [2.75, 3.05) is 11.4 Å². The van der Waals surface area contributed by atoms with Gasteiger partial charge in [-0.2, -0.15) is 0 Å². The van der Waals surface area contributed by atoms with Crippen molar-refractivity contribution in [3.05, 3.63) is 63.6 Å². The second kappa shape index (κ2) is 7.26. The van der Waals surface area contributed by atoms with Crippen LogP contribution < -0.4 is 10.2 Å². The number of amides is 2. The molecule has 1 spiro atoms. The number of hydrogen-bond acceptors (Lipinski definition) is 3. The fourth-order valence-corrected chi connectivity index (χ4v) is 5.53. The first-order valence-corrected chi connectivity index (χ1v) is 10.7. The van der Waals surface area contributed by atoms with Crippen molar-refractivity contribution in [1.82, 2.24) is 5.32 Å². The number of carbonyl (C=O) groups is 2. The van der Waals surface area contributed by atoms with Crippen molar-refractivity contribution >= 4 is 40.9 Å². The van der Waals surface area contributed by atoms with Gasteiger partial charge in [-0.25, -0.2) is 9.69 Å². The van der Waals surface area contributed by atoms with E-state index in [1.807, 2.05) is 18.2 Å². The zero-order chi connectivity index (χ0) is 21.8. The highest BCUT2D eigenvalue weighted by atomic mass is 35.5. The van der Waals surface area contributed by atoms with Gasteiger partial charge in [0.1, 0.15) is 5.41 Å². The van der Waals surface area contributed by atoms with E-state index >= 15 is 0 Å². The first kappa shape index (κ1) is 21.2. The molecule has 5 nitrogen and oxygen atoms in total. The predicted molar refractivity (Wildman–Crippen MR) is 118 cm³/mol. The smallest absolute Gasteiger partial charge is 0.418 e. The summed E-state index contributed by atoms with van der Waals surface area (Å²) in [6, 6.07) is 12.1. The van der Waals surface area contributed by atoms with Crippen LogP contribution in [0.2, 0.25) is 10.0 Å². The molecule has 2 aliphatic rings. The lowest BCUT2D eigenvalue weighted by Gasteiger charge is -2.37. The van der Waals surface area contributed by atoms with E-state index in [0.29, 0.717) is 27.8 Å². The fourth-order valence-electron chi connectivity index (χ4n) is 5.17. The van der Waals surface area contributed by atoms with E-state index < -0.39 is 23.5 Å². The molecule has 2 amide bonds. The van der Waals surface area contributed by atoms with Gasteiger partial charge >= 0.3 is 6.09 Å². The molecule has 1 fully saturated rings. The summed E-state index contributed by atoms with van der Waals surface area (Å²) in [6.07, 6.45) is -0.551. The molecule has 1 unspecified atom stereocenters. The maximum atomic E-state index is 13.9. The Bertz CT molecular complexity index is 1030. The summed E-state index contributed by atoms with van der Waals surface area (Å²) in [5.41, 5.74) is 0.793. The molecule has 3 atom stereocenters. The Labute approximate surface area is 186 Å². The van der Waals surface area contributed by atoms with E-state index in [1.54, 1.807) is 24.3 Å². The van der Waals surface area contributed by atoms with Crippen LogP contribution in [0.4, 0.5) is 10.5 Å². The molecule has 2 heterocycles. The van der Waals surface area contributed by atoms with Gasteiger partial charge in [0.25, 0.3) is 0 Å². The van der Waals surface area contributed by atoms with Gasteiger partial charge in [-0.05, 0) is 53.1 Å². The summed E-state index contributed by atoms with van der Waals surface area (Å²) < 4.78 is 0. The van der Waals surface area contributed by atoms with Gasteiger partial charge in [-0.3, -0.25) is 4.79 Å². The number of rotatable bonds is 2. The lowest BCUT2D eigenvalue weighted by Crippen LogP contribution is -2.49. The molecule has 0 aliphatic carbocycles. The van der Waals surface area contributed by atoms with Gasteiger partial charge in [0.15, 0.2) is 0 Å². The molecule has 0 radical (unpaired) electrons. The van der Waals surface area contributed by atoms with Gasteiger partial charge in [0.2, 0.25) is 5.91 Å². The molecule has 0 bridgehead atoms. The Morgan fingerprint density at radius 2 is 1.90 bits per heavy atom. The summed E-state index contributed by atoms with van der Waals surface area (Å²) in [4.78, 5) is 26.9. The number of hydrogen-bond donors (Lipinski definition) is 2. The van der Waals surface area contributed by atoms with Crippen LogP contribution in [0.1, 0.15) is 44.4 Å². The topological polar surface area (TPSA) is 69.6 Å². The van der Waals surface area contributed by atoms with Crippen LogP contribution in [0.3, 0.4) is 0 Å². The second-order valence-electron chi connectivity index (χ2n) is 9.31. The molecule has 7 heteroatoms. The molecular formula is C23H24Cl2N2O3. The largest absolute Gasteiger partial charge is 0.464 e. The van der Waals surface area contributed by atoms with Crippen molar-refractivity contribution in [2.24, 2.45) is 11.3 Å². The van der Waals surface area contributed by atoms with E-state index in [0.717, 1.165) is 16.9 Å². The molecule has 2 N–H and O–H groups in total. The minimum atomic E-state index is -1.30. The van der Waals surface area contributed by atoms with Crippen LogP contribution in [-0.4, -0.2) is 23.7 Å². The number of nitrogens with zero attached hydrogens (tertiary/aromatic N) is 1. The van der Waals surface area contributed by atoms with Crippen molar-refractivity contribution in [1.29, 1.82) is 0 Å². The van der Waals surface area contributed by atoms with Gasteiger partial charge in [-0.1, -0.05) is 62.2 Å². The van der Waals surface area contributed by atoms with Crippen molar-refractivity contribution in [3.63, 3.8) is 0 Å². The standard InChI is InChI=1S/C23H24Cl2N2O3/c1-22(2,3)11-14-12-26-19(13-5-4-6-15(24)9-13)23(14)17-8-7-16(25)10-18(17)27(20(23)28)21(29)30/h4-10,14,19,26H,11-12H2,1-3H3,(H,29,30)/t14-,19-,23?/m1/s1. The number of benzene rings is 2. The minimum Gasteiger partial charge on any atom is -0.464 e. The molecule has 4 rings (SSSR count). The molecule has 2 aliphatic heterocycles. The molecule has 158 valence electrons. The second-order valence-corrected chi connectivity index (χ2v) is 10.2. The third kappa shape index (κ3) is 3.20. The maximum Gasteiger partial charge on any atom is 0.418 e. The number of halogens is 2. The average Bonchev–Trinajstić information content (AvgIpc) is 3.11. The molecule has 0 saturated carbocycles. The van der Waals surface area contributed by atoms with Crippen molar-refractivity contribution in [2.45, 2.75) is 38.6 Å². The average molecular weight is 447 g/mol. The normalized spacial score (nSPS) is 25.8. The van der Waals surface area contributed by atoms with E-state index in [9.17, 15) is 14.7 Å². The SMILES string of the molecule is CC(C)(C)C[C@@H]1CN[C@H](c2cccc(Cl)c2)C12C(=O)N(C(=O)O)c1cc(Cl)ccc12. The van der Waals surface area contributed by atoms with Gasteiger partial charge in [0, 0.05) is 16.6 Å². The Morgan fingerprint density at radius 3 is 2.53 bits per heavy atom. The molecular weight excluding hydrogens is 423 g/mol. The zero-order valence-electron chi connectivity index (χ0n) is 17.1. The Morgan fingerprint density at radius 1 is 1.20 bits per heavy atom. The third-order valence-electron chi connectivity index (χ3n) is 6.10. The Kier molecular flexibility index (Phi) is 5.12. The summed E-state index contributed by atoms with van der Waals surface area (Å²) in [6.45, 7) is 6.98. The maximum absolute atomic E-state index is 13.9. The first-order chi connectivity index (χ1) is 14.1. The predicted octanol–water partition coefficient (Wildman–Crippen LogP) is 5.65. The molecule has 1 saturated heterocycles. The minimum absolute atomic E-state index is 0.0495. The van der Waals surface area contributed by atoms with Gasteiger partial charge < -0.3 is 10.4 Å². The number of carboxylic acid groups (broad SMARTS) is 1. The fraction of sp³-hybridized carbons (Fsp3) is 0.391. The monoisotopic (exact) mass is 446 g/mol. The number of fused-ring (bicyclic) bond motifs is 2. The molecule has 30 heavy (non-hydrogen) atoms. The lowest BCUT2D eigenvalue weighted by atomic mass is 9.63. The van der Waals surface area contributed by atoms with Crippen molar-refractivity contribution in [3.8, 4) is 0 Å².